The van der Waals surface area contributed by atoms with Crippen LogP contribution in [-0.4, -0.2) is 40.7 Å². The molecule has 0 aliphatic carbocycles. The molecule has 1 N–H and O–H groups in total. The van der Waals surface area contributed by atoms with Gasteiger partial charge in [0, 0.05) is 44.2 Å². The van der Waals surface area contributed by atoms with Crippen molar-refractivity contribution in [1.82, 2.24) is 14.0 Å². The van der Waals surface area contributed by atoms with Gasteiger partial charge in [-0.1, -0.05) is 6.07 Å². The molecule has 0 saturated carbocycles. The van der Waals surface area contributed by atoms with Gasteiger partial charge in [-0.2, -0.15) is 0 Å². The normalized spacial score (nSPS) is 13.0. The lowest BCUT2D eigenvalue weighted by Crippen LogP contribution is -2.37. The number of benzene rings is 3. The van der Waals surface area contributed by atoms with Gasteiger partial charge >= 0.3 is 0 Å². The Morgan fingerprint density at radius 2 is 1.58 bits per heavy atom. The molecule has 1 amide bonds. The fraction of sp³-hybridized carbons (Fsp3) is 0.267. The van der Waals surface area contributed by atoms with E-state index in [1.807, 2.05) is 60.1 Å². The summed E-state index contributed by atoms with van der Waals surface area (Å²) in [6.07, 6.45) is 4.37. The summed E-state index contributed by atoms with van der Waals surface area (Å²) in [5, 5.41) is 8.34. The van der Waals surface area contributed by atoms with E-state index in [4.69, 9.17) is 14.9 Å². The van der Waals surface area contributed by atoms with E-state index in [2.05, 4.69) is 6.07 Å². The molecule has 0 bridgehead atoms. The predicted octanol–water partition coefficient (Wildman–Crippen LogP) is 4.68. The van der Waals surface area contributed by atoms with E-state index in [1.54, 1.807) is 24.9 Å². The van der Waals surface area contributed by atoms with Crippen LogP contribution in [-0.2, 0) is 26.6 Å². The van der Waals surface area contributed by atoms with Crippen molar-refractivity contribution in [2.24, 2.45) is 7.05 Å². The summed E-state index contributed by atoms with van der Waals surface area (Å²) in [6, 6.07) is 14.4. The van der Waals surface area contributed by atoms with Gasteiger partial charge in [0.2, 0.25) is 5.62 Å². The van der Waals surface area contributed by atoms with Gasteiger partial charge in [-0.25, -0.2) is 4.39 Å². The molecule has 4 aromatic rings. The summed E-state index contributed by atoms with van der Waals surface area (Å²) in [7, 11) is 5.04. The topological polar surface area (TPSA) is 72.5 Å². The summed E-state index contributed by atoms with van der Waals surface area (Å²) >= 11 is 0. The van der Waals surface area contributed by atoms with E-state index >= 15 is 0 Å². The van der Waals surface area contributed by atoms with Crippen LogP contribution in [0.2, 0.25) is 0 Å². The number of nitrogens with zero attached hydrogens (tertiary/aromatic N) is 3. The SMILES string of the molecule is COc1cc(CN2CCc3c(cc(Cn4ccn(C)c4=N)cc3-c3ccc(F)cc3C)C2=O)cc(OC)c1. The zero-order valence-corrected chi connectivity index (χ0v) is 22.0. The number of hydrogen-bond donors (Lipinski definition) is 1. The van der Waals surface area contributed by atoms with Crippen LogP contribution in [0.15, 0.2) is 60.9 Å². The Morgan fingerprint density at radius 1 is 0.895 bits per heavy atom. The fourth-order valence-electron chi connectivity index (χ4n) is 5.15. The number of carbonyl (C=O) groups is 1. The van der Waals surface area contributed by atoms with E-state index in [9.17, 15) is 9.18 Å². The second-order valence-electron chi connectivity index (χ2n) is 9.69. The second kappa shape index (κ2) is 10.2. The molecule has 0 spiro atoms. The molecule has 7 nitrogen and oxygen atoms in total. The Kier molecular flexibility index (Phi) is 6.80. The minimum Gasteiger partial charge on any atom is -0.497 e. The molecule has 1 aromatic heterocycles. The number of aryl methyl sites for hydroxylation is 2. The molecule has 0 radical (unpaired) electrons. The van der Waals surface area contributed by atoms with Crippen LogP contribution < -0.4 is 15.1 Å². The zero-order valence-electron chi connectivity index (χ0n) is 22.0. The molecule has 1 aliphatic rings. The minimum absolute atomic E-state index is 0.0555. The molecule has 0 atom stereocenters. The molecule has 8 heteroatoms. The van der Waals surface area contributed by atoms with Crippen molar-refractivity contribution in [3.63, 3.8) is 0 Å². The smallest absolute Gasteiger partial charge is 0.254 e. The van der Waals surface area contributed by atoms with Crippen molar-refractivity contribution in [3.8, 4) is 22.6 Å². The van der Waals surface area contributed by atoms with Gasteiger partial charge in [0.25, 0.3) is 5.91 Å². The number of ether oxygens (including phenoxy) is 2. The summed E-state index contributed by atoms with van der Waals surface area (Å²) in [6.45, 7) is 3.31. The average molecular weight is 515 g/mol. The van der Waals surface area contributed by atoms with E-state index in [1.165, 1.54) is 12.1 Å². The van der Waals surface area contributed by atoms with Crippen LogP contribution in [0.3, 0.4) is 0 Å². The maximum atomic E-state index is 13.9. The van der Waals surface area contributed by atoms with Crippen molar-refractivity contribution >= 4 is 5.91 Å². The van der Waals surface area contributed by atoms with Gasteiger partial charge in [-0.05, 0) is 83.1 Å². The Labute approximate surface area is 221 Å². The average Bonchev–Trinajstić information content (AvgIpc) is 3.22. The summed E-state index contributed by atoms with van der Waals surface area (Å²) in [4.78, 5) is 15.7. The van der Waals surface area contributed by atoms with Crippen LogP contribution in [0.25, 0.3) is 11.1 Å². The van der Waals surface area contributed by atoms with Crippen molar-refractivity contribution in [3.05, 3.63) is 100 Å². The number of rotatable bonds is 7. The van der Waals surface area contributed by atoms with Crippen LogP contribution in [0, 0.1) is 18.2 Å². The number of aromatic nitrogens is 2. The van der Waals surface area contributed by atoms with Gasteiger partial charge in [-0.15, -0.1) is 0 Å². The number of fused-ring (bicyclic) bond motifs is 1. The predicted molar refractivity (Wildman–Crippen MR) is 143 cm³/mol. The van der Waals surface area contributed by atoms with E-state index in [-0.39, 0.29) is 11.7 Å². The lowest BCUT2D eigenvalue weighted by atomic mass is 9.86. The van der Waals surface area contributed by atoms with E-state index in [0.29, 0.717) is 48.7 Å². The highest BCUT2D eigenvalue weighted by molar-refractivity contribution is 5.99. The van der Waals surface area contributed by atoms with Gasteiger partial charge < -0.3 is 23.5 Å². The van der Waals surface area contributed by atoms with E-state index in [0.717, 1.165) is 33.4 Å². The van der Waals surface area contributed by atoms with Crippen LogP contribution in [0.4, 0.5) is 4.39 Å². The van der Waals surface area contributed by atoms with Crippen molar-refractivity contribution < 1.29 is 18.7 Å². The van der Waals surface area contributed by atoms with Gasteiger partial charge in [0.15, 0.2) is 0 Å². The Balaban J connectivity index is 1.57. The highest BCUT2D eigenvalue weighted by Gasteiger charge is 2.28. The molecular weight excluding hydrogens is 483 g/mol. The first-order valence-corrected chi connectivity index (χ1v) is 12.5. The molecule has 3 aromatic carbocycles. The maximum absolute atomic E-state index is 13.9. The summed E-state index contributed by atoms with van der Waals surface area (Å²) in [5.41, 5.74) is 6.47. The van der Waals surface area contributed by atoms with Crippen LogP contribution >= 0.6 is 0 Å². The van der Waals surface area contributed by atoms with Gasteiger partial charge in [0.05, 0.1) is 20.8 Å². The highest BCUT2D eigenvalue weighted by Crippen LogP contribution is 2.35. The van der Waals surface area contributed by atoms with Gasteiger partial charge in [-0.3, -0.25) is 10.2 Å². The minimum atomic E-state index is -0.286. The van der Waals surface area contributed by atoms with E-state index < -0.39 is 0 Å². The molecule has 0 fully saturated rings. The number of hydrogen-bond acceptors (Lipinski definition) is 4. The Hall–Kier alpha value is -4.33. The molecule has 0 saturated heterocycles. The lowest BCUT2D eigenvalue weighted by Gasteiger charge is -2.31. The van der Waals surface area contributed by atoms with Crippen LogP contribution in [0.1, 0.15) is 32.6 Å². The summed E-state index contributed by atoms with van der Waals surface area (Å²) < 4.78 is 28.3. The number of nitrogens with one attached hydrogen (secondary N) is 1. The van der Waals surface area contributed by atoms with Gasteiger partial charge in [0.1, 0.15) is 17.3 Å². The third-order valence-electron chi connectivity index (χ3n) is 7.15. The molecular formula is C30H31FN4O3. The third kappa shape index (κ3) is 4.81. The van der Waals surface area contributed by atoms with Crippen molar-refractivity contribution in [2.45, 2.75) is 26.4 Å². The second-order valence-corrected chi connectivity index (χ2v) is 9.69. The number of halogens is 1. The fourth-order valence-corrected chi connectivity index (χ4v) is 5.15. The number of methoxy groups -OCH3 is 2. The number of imidazole rings is 1. The van der Waals surface area contributed by atoms with Crippen LogP contribution in [0.5, 0.6) is 11.5 Å². The Morgan fingerprint density at radius 3 is 2.21 bits per heavy atom. The third-order valence-corrected chi connectivity index (χ3v) is 7.15. The van der Waals surface area contributed by atoms with Crippen molar-refractivity contribution in [2.75, 3.05) is 20.8 Å². The zero-order chi connectivity index (χ0) is 27.0. The first-order chi connectivity index (χ1) is 18.3. The molecule has 1 aliphatic heterocycles. The first-order valence-electron chi connectivity index (χ1n) is 12.5. The number of amides is 1. The quantitative estimate of drug-likeness (QED) is 0.389. The lowest BCUT2D eigenvalue weighted by molar-refractivity contribution is 0.0726. The molecule has 0 unspecified atom stereocenters. The monoisotopic (exact) mass is 514 g/mol. The molecule has 196 valence electrons. The molecule has 38 heavy (non-hydrogen) atoms. The molecule has 5 rings (SSSR count). The van der Waals surface area contributed by atoms with Crippen molar-refractivity contribution in [1.29, 1.82) is 5.41 Å². The Bertz CT molecular complexity index is 1560. The standard InChI is InChI=1S/C30H31FN4O3/c1-19-11-22(31)5-6-25(19)27-14-21(18-35-10-9-33(2)30(35)32)15-28-26(27)7-8-34(29(28)36)17-20-12-23(37-3)16-24(13-20)38-4/h5-6,9-16,32H,7-8,17-18H2,1-4H3. The summed E-state index contributed by atoms with van der Waals surface area (Å²) in [5.74, 6) is 1.00. The highest BCUT2D eigenvalue weighted by atomic mass is 19.1. The number of carbonyl (C=O) groups excluding carboxylic acids is 1. The molecule has 2 heterocycles. The first kappa shape index (κ1) is 25.3. The largest absolute Gasteiger partial charge is 0.497 e. The maximum Gasteiger partial charge on any atom is 0.254 e.